The third-order valence-electron chi connectivity index (χ3n) is 2.86. The van der Waals surface area contributed by atoms with Crippen molar-refractivity contribution in [1.82, 2.24) is 14.5 Å². The van der Waals surface area contributed by atoms with E-state index < -0.39 is 0 Å². The number of aromatic amines is 1. The van der Waals surface area contributed by atoms with E-state index in [0.29, 0.717) is 21.4 Å². The van der Waals surface area contributed by atoms with Crippen molar-refractivity contribution >= 4 is 46.5 Å². The first kappa shape index (κ1) is 12.7. The summed E-state index contributed by atoms with van der Waals surface area (Å²) in [5.74, 6) is 0. The Bertz CT molecular complexity index is 793. The van der Waals surface area contributed by atoms with Gasteiger partial charge >= 0.3 is 0 Å². The van der Waals surface area contributed by atoms with Crippen LogP contribution in [0.5, 0.6) is 0 Å². The fourth-order valence-corrected chi connectivity index (χ4v) is 2.56. The first-order valence-electron chi connectivity index (χ1n) is 5.62. The zero-order valence-electron chi connectivity index (χ0n) is 9.73. The minimum atomic E-state index is 0.510. The Morgan fingerprint density at radius 1 is 1.21 bits per heavy atom. The van der Waals surface area contributed by atoms with E-state index in [1.807, 2.05) is 28.8 Å². The van der Waals surface area contributed by atoms with Crippen molar-refractivity contribution in [2.75, 3.05) is 0 Å². The minimum absolute atomic E-state index is 0.510. The average molecular weight is 310 g/mol. The number of imidazole rings is 1. The van der Waals surface area contributed by atoms with Gasteiger partial charge in [-0.15, -0.1) is 0 Å². The fraction of sp³-hybridized carbons (Fsp3) is 0.0769. The van der Waals surface area contributed by atoms with Gasteiger partial charge in [0.25, 0.3) is 0 Å². The topological polar surface area (TPSA) is 33.6 Å². The monoisotopic (exact) mass is 309 g/mol. The van der Waals surface area contributed by atoms with E-state index in [-0.39, 0.29) is 0 Å². The van der Waals surface area contributed by atoms with E-state index >= 15 is 0 Å². The highest BCUT2D eigenvalue weighted by atomic mass is 35.5. The summed E-state index contributed by atoms with van der Waals surface area (Å²) in [6.07, 6.45) is 1.76. The van der Waals surface area contributed by atoms with E-state index in [9.17, 15) is 0 Å². The molecular weight excluding hydrogens is 301 g/mol. The molecule has 3 aromatic rings. The molecule has 0 amide bonds. The second kappa shape index (κ2) is 4.96. The number of rotatable bonds is 2. The van der Waals surface area contributed by atoms with Gasteiger partial charge in [-0.05, 0) is 36.5 Å². The standard InChI is InChI=1S/C13H9Cl2N3S/c14-9-5-11-12(6-10(9)15)18(13(19)17-11)7-8-3-1-2-4-16-8/h1-6H,7H2,(H,17,19). The van der Waals surface area contributed by atoms with E-state index in [2.05, 4.69) is 9.97 Å². The molecule has 0 atom stereocenters. The summed E-state index contributed by atoms with van der Waals surface area (Å²) >= 11 is 17.4. The van der Waals surface area contributed by atoms with Crippen LogP contribution >= 0.6 is 35.4 Å². The summed E-state index contributed by atoms with van der Waals surface area (Å²) in [6, 6.07) is 9.38. The van der Waals surface area contributed by atoms with Crippen molar-refractivity contribution in [2.45, 2.75) is 6.54 Å². The Kier molecular flexibility index (Phi) is 3.31. The summed E-state index contributed by atoms with van der Waals surface area (Å²) in [7, 11) is 0. The molecule has 1 N–H and O–H groups in total. The SMILES string of the molecule is S=c1[nH]c2cc(Cl)c(Cl)cc2n1Cc1ccccn1. The fourth-order valence-electron chi connectivity index (χ4n) is 1.96. The van der Waals surface area contributed by atoms with Gasteiger partial charge in [0.1, 0.15) is 0 Å². The molecule has 0 saturated carbocycles. The van der Waals surface area contributed by atoms with Gasteiger partial charge < -0.3 is 9.55 Å². The van der Waals surface area contributed by atoms with Crippen LogP contribution in [-0.2, 0) is 6.54 Å². The Balaban J connectivity index is 2.16. The molecule has 2 aromatic heterocycles. The maximum absolute atomic E-state index is 6.06. The lowest BCUT2D eigenvalue weighted by atomic mass is 10.3. The lowest BCUT2D eigenvalue weighted by Crippen LogP contribution is -2.01. The molecule has 2 heterocycles. The van der Waals surface area contributed by atoms with Crippen molar-refractivity contribution in [3.8, 4) is 0 Å². The highest BCUT2D eigenvalue weighted by Gasteiger charge is 2.08. The smallest absolute Gasteiger partial charge is 0.178 e. The van der Waals surface area contributed by atoms with Gasteiger partial charge in [-0.3, -0.25) is 4.98 Å². The number of aromatic nitrogens is 3. The quantitative estimate of drug-likeness (QED) is 0.710. The highest BCUT2D eigenvalue weighted by Crippen LogP contribution is 2.27. The Labute approximate surface area is 124 Å². The molecule has 0 aliphatic carbocycles. The van der Waals surface area contributed by atoms with Gasteiger partial charge in [0.2, 0.25) is 0 Å². The molecule has 96 valence electrons. The molecule has 0 spiro atoms. The lowest BCUT2D eigenvalue weighted by Gasteiger charge is -2.04. The van der Waals surface area contributed by atoms with Crippen LogP contribution in [0.1, 0.15) is 5.69 Å². The van der Waals surface area contributed by atoms with Crippen LogP contribution in [0.15, 0.2) is 36.5 Å². The molecule has 0 aliphatic heterocycles. The van der Waals surface area contributed by atoms with Crippen molar-refractivity contribution in [2.24, 2.45) is 0 Å². The van der Waals surface area contributed by atoms with Crippen LogP contribution in [0.2, 0.25) is 10.0 Å². The molecule has 0 bridgehead atoms. The molecule has 1 aromatic carbocycles. The Morgan fingerprint density at radius 3 is 2.74 bits per heavy atom. The maximum atomic E-state index is 6.06. The summed E-state index contributed by atoms with van der Waals surface area (Å²) < 4.78 is 2.58. The van der Waals surface area contributed by atoms with Crippen LogP contribution in [0, 0.1) is 4.77 Å². The zero-order chi connectivity index (χ0) is 13.4. The number of hydrogen-bond acceptors (Lipinski definition) is 2. The zero-order valence-corrected chi connectivity index (χ0v) is 12.1. The van der Waals surface area contributed by atoms with Gasteiger partial charge in [0, 0.05) is 6.20 Å². The summed E-state index contributed by atoms with van der Waals surface area (Å²) in [5, 5.41) is 1.02. The molecule has 0 aliphatic rings. The maximum Gasteiger partial charge on any atom is 0.178 e. The first-order chi connectivity index (χ1) is 9.15. The summed E-state index contributed by atoms with van der Waals surface area (Å²) in [4.78, 5) is 7.42. The summed E-state index contributed by atoms with van der Waals surface area (Å²) in [6.45, 7) is 0.595. The molecule has 3 rings (SSSR count). The number of hydrogen-bond donors (Lipinski definition) is 1. The van der Waals surface area contributed by atoms with E-state index in [1.165, 1.54) is 0 Å². The number of nitrogens with one attached hydrogen (secondary N) is 1. The van der Waals surface area contributed by atoms with Crippen LogP contribution in [0.25, 0.3) is 11.0 Å². The second-order valence-corrected chi connectivity index (χ2v) is 5.32. The minimum Gasteiger partial charge on any atom is -0.331 e. The van der Waals surface area contributed by atoms with Crippen molar-refractivity contribution in [3.63, 3.8) is 0 Å². The van der Waals surface area contributed by atoms with Gasteiger partial charge in [-0.1, -0.05) is 29.3 Å². The lowest BCUT2D eigenvalue weighted by molar-refractivity contribution is 0.785. The van der Waals surface area contributed by atoms with Crippen LogP contribution < -0.4 is 0 Å². The normalized spacial score (nSPS) is 11.1. The van der Waals surface area contributed by atoms with Crippen molar-refractivity contribution < 1.29 is 0 Å². The number of benzene rings is 1. The molecule has 3 nitrogen and oxygen atoms in total. The van der Waals surface area contributed by atoms with Crippen LogP contribution in [-0.4, -0.2) is 14.5 Å². The number of halogens is 2. The Morgan fingerprint density at radius 2 is 2.00 bits per heavy atom. The number of pyridine rings is 1. The third kappa shape index (κ3) is 2.39. The number of fused-ring (bicyclic) bond motifs is 1. The molecule has 0 fully saturated rings. The molecule has 0 radical (unpaired) electrons. The Hall–Kier alpha value is -1.36. The summed E-state index contributed by atoms with van der Waals surface area (Å²) in [5.41, 5.74) is 2.73. The van der Waals surface area contributed by atoms with Gasteiger partial charge in [0.05, 0.1) is 33.3 Å². The molecule has 0 unspecified atom stereocenters. The molecule has 0 saturated heterocycles. The van der Waals surface area contributed by atoms with Crippen LogP contribution in [0.3, 0.4) is 0 Å². The number of H-pyrrole nitrogens is 1. The average Bonchev–Trinajstić information content (AvgIpc) is 2.68. The number of nitrogens with zero attached hydrogens (tertiary/aromatic N) is 2. The van der Waals surface area contributed by atoms with Crippen molar-refractivity contribution in [3.05, 3.63) is 57.0 Å². The molecule has 19 heavy (non-hydrogen) atoms. The van der Waals surface area contributed by atoms with Crippen molar-refractivity contribution in [1.29, 1.82) is 0 Å². The van der Waals surface area contributed by atoms with E-state index in [4.69, 9.17) is 35.4 Å². The van der Waals surface area contributed by atoms with Crippen LogP contribution in [0.4, 0.5) is 0 Å². The first-order valence-corrected chi connectivity index (χ1v) is 6.79. The molecular formula is C13H9Cl2N3S. The van der Waals surface area contributed by atoms with Gasteiger partial charge in [-0.2, -0.15) is 0 Å². The largest absolute Gasteiger partial charge is 0.331 e. The van der Waals surface area contributed by atoms with E-state index in [1.54, 1.807) is 12.3 Å². The van der Waals surface area contributed by atoms with E-state index in [0.717, 1.165) is 16.7 Å². The predicted molar refractivity (Wildman–Crippen MR) is 80.5 cm³/mol. The third-order valence-corrected chi connectivity index (χ3v) is 3.91. The second-order valence-electron chi connectivity index (χ2n) is 4.12. The highest BCUT2D eigenvalue weighted by molar-refractivity contribution is 7.71. The molecule has 6 heteroatoms. The van der Waals surface area contributed by atoms with Gasteiger partial charge in [0.15, 0.2) is 4.77 Å². The van der Waals surface area contributed by atoms with Gasteiger partial charge in [-0.25, -0.2) is 0 Å². The predicted octanol–water partition coefficient (Wildman–Crippen LogP) is 4.45.